The molecule has 9 nitrogen and oxygen atoms in total. The molecule has 3 rings (SSSR count). The normalized spacial score (nSPS) is 13.3. The van der Waals surface area contributed by atoms with Crippen LogP contribution >= 0.6 is 0 Å². The van der Waals surface area contributed by atoms with Crippen molar-refractivity contribution in [3.63, 3.8) is 0 Å². The zero-order chi connectivity index (χ0) is 25.6. The predicted molar refractivity (Wildman–Crippen MR) is 129 cm³/mol. The van der Waals surface area contributed by atoms with Crippen LogP contribution in [0.4, 0.5) is 10.1 Å². The number of rotatable bonds is 11. The molecule has 1 atom stereocenters. The summed E-state index contributed by atoms with van der Waals surface area (Å²) >= 11 is 0. The monoisotopic (exact) mass is 507 g/mol. The third-order valence-corrected chi connectivity index (χ3v) is 6.81. The number of ether oxygens (including phenoxy) is 2. The van der Waals surface area contributed by atoms with Crippen molar-refractivity contribution in [3.8, 4) is 11.5 Å². The number of amides is 2. The van der Waals surface area contributed by atoms with E-state index in [0.717, 1.165) is 6.26 Å². The van der Waals surface area contributed by atoms with Gasteiger partial charge in [0.1, 0.15) is 11.9 Å². The number of sulfonamides is 1. The zero-order valence-electron chi connectivity index (χ0n) is 20.0. The molecule has 11 heteroatoms. The average Bonchev–Trinajstić information content (AvgIpc) is 3.28. The molecule has 190 valence electrons. The molecule has 2 amide bonds. The van der Waals surface area contributed by atoms with E-state index in [2.05, 4.69) is 5.32 Å². The highest BCUT2D eigenvalue weighted by Gasteiger charge is 2.27. The molecule has 0 aromatic heterocycles. The standard InChI is InChI=1S/C24H30FN3O6S/c1-4-26-24(30)17(2)27(15-18-8-5-6-9-20(18)25)23(29)10-7-13-28(35(3,31)32)19-11-12-21-22(14-19)34-16-33-21/h5-6,8-9,11-12,14,17H,4,7,10,13,15-16H2,1-3H3,(H,26,30)/t17-/m0/s1. The molecular weight excluding hydrogens is 477 g/mol. The van der Waals surface area contributed by atoms with E-state index in [1.165, 1.54) is 15.3 Å². The Kier molecular flexibility index (Phi) is 8.55. The third kappa shape index (κ3) is 6.62. The molecule has 2 aromatic carbocycles. The highest BCUT2D eigenvalue weighted by Crippen LogP contribution is 2.36. The lowest BCUT2D eigenvalue weighted by Gasteiger charge is -2.29. The smallest absolute Gasteiger partial charge is 0.242 e. The molecule has 0 unspecified atom stereocenters. The van der Waals surface area contributed by atoms with Gasteiger partial charge in [-0.1, -0.05) is 18.2 Å². The molecule has 0 aliphatic carbocycles. The minimum Gasteiger partial charge on any atom is -0.454 e. The van der Waals surface area contributed by atoms with E-state index in [-0.39, 0.29) is 50.1 Å². The highest BCUT2D eigenvalue weighted by atomic mass is 32.2. The molecule has 1 aliphatic rings. The lowest BCUT2D eigenvalue weighted by molar-refractivity contribution is -0.140. The first kappa shape index (κ1) is 26.3. The number of benzene rings is 2. The van der Waals surface area contributed by atoms with E-state index in [0.29, 0.717) is 23.7 Å². The second kappa shape index (κ2) is 11.4. The molecule has 0 saturated heterocycles. The molecule has 2 aromatic rings. The average molecular weight is 508 g/mol. The summed E-state index contributed by atoms with van der Waals surface area (Å²) in [5, 5.41) is 2.68. The highest BCUT2D eigenvalue weighted by molar-refractivity contribution is 7.92. The topological polar surface area (TPSA) is 105 Å². The summed E-state index contributed by atoms with van der Waals surface area (Å²) in [6.45, 7) is 3.76. The van der Waals surface area contributed by atoms with Crippen LogP contribution in [0.3, 0.4) is 0 Å². The van der Waals surface area contributed by atoms with Gasteiger partial charge in [0.05, 0.1) is 11.9 Å². The summed E-state index contributed by atoms with van der Waals surface area (Å²) in [6.07, 6.45) is 1.24. The van der Waals surface area contributed by atoms with Crippen LogP contribution in [-0.2, 0) is 26.2 Å². The fraction of sp³-hybridized carbons (Fsp3) is 0.417. The van der Waals surface area contributed by atoms with Gasteiger partial charge in [0.15, 0.2) is 11.5 Å². The number of carbonyl (C=O) groups is 2. The van der Waals surface area contributed by atoms with Crippen molar-refractivity contribution in [2.75, 3.05) is 30.4 Å². The Labute approximate surface area is 204 Å². The van der Waals surface area contributed by atoms with Crippen LogP contribution in [0.25, 0.3) is 0 Å². The van der Waals surface area contributed by atoms with Crippen LogP contribution < -0.4 is 19.1 Å². The maximum Gasteiger partial charge on any atom is 0.242 e. The first-order chi connectivity index (χ1) is 16.6. The number of hydrogen-bond donors (Lipinski definition) is 1. The van der Waals surface area contributed by atoms with Crippen LogP contribution in [0.2, 0.25) is 0 Å². The molecule has 0 spiro atoms. The Balaban J connectivity index is 1.73. The Bertz CT molecular complexity index is 1170. The molecule has 0 saturated carbocycles. The van der Waals surface area contributed by atoms with Crippen molar-refractivity contribution >= 4 is 27.5 Å². The summed E-state index contributed by atoms with van der Waals surface area (Å²) in [6, 6.07) is 10.0. The Hall–Kier alpha value is -3.34. The van der Waals surface area contributed by atoms with Crippen LogP contribution in [0, 0.1) is 5.82 Å². The maximum absolute atomic E-state index is 14.3. The second-order valence-electron chi connectivity index (χ2n) is 8.16. The van der Waals surface area contributed by atoms with Crippen LogP contribution in [-0.4, -0.2) is 57.3 Å². The van der Waals surface area contributed by atoms with Gasteiger partial charge in [-0.2, -0.15) is 0 Å². The zero-order valence-corrected chi connectivity index (χ0v) is 20.8. The van der Waals surface area contributed by atoms with Gasteiger partial charge in [-0.25, -0.2) is 12.8 Å². The number of nitrogens with zero attached hydrogens (tertiary/aromatic N) is 2. The first-order valence-corrected chi connectivity index (χ1v) is 13.1. The van der Waals surface area contributed by atoms with Crippen molar-refractivity contribution in [1.82, 2.24) is 10.2 Å². The van der Waals surface area contributed by atoms with Crippen molar-refractivity contribution in [2.24, 2.45) is 0 Å². The summed E-state index contributed by atoms with van der Waals surface area (Å²) in [5.74, 6) is -0.236. The minimum atomic E-state index is -3.65. The Morgan fingerprint density at radius 2 is 1.86 bits per heavy atom. The molecule has 1 N–H and O–H groups in total. The van der Waals surface area contributed by atoms with Crippen molar-refractivity contribution < 1.29 is 31.9 Å². The first-order valence-electron chi connectivity index (χ1n) is 11.3. The fourth-order valence-electron chi connectivity index (χ4n) is 3.76. The van der Waals surface area contributed by atoms with Crippen LogP contribution in [0.5, 0.6) is 11.5 Å². The van der Waals surface area contributed by atoms with Gasteiger partial charge in [0.25, 0.3) is 0 Å². The van der Waals surface area contributed by atoms with Crippen molar-refractivity contribution in [3.05, 3.63) is 53.8 Å². The molecule has 1 heterocycles. The van der Waals surface area contributed by atoms with Gasteiger partial charge < -0.3 is 19.7 Å². The number of hydrogen-bond acceptors (Lipinski definition) is 6. The van der Waals surface area contributed by atoms with Gasteiger partial charge in [0, 0.05) is 37.7 Å². The second-order valence-corrected chi connectivity index (χ2v) is 10.1. The molecule has 0 fully saturated rings. The van der Waals surface area contributed by atoms with E-state index in [1.54, 1.807) is 50.2 Å². The molecule has 35 heavy (non-hydrogen) atoms. The Morgan fingerprint density at radius 3 is 2.54 bits per heavy atom. The van der Waals surface area contributed by atoms with Gasteiger partial charge >= 0.3 is 0 Å². The minimum absolute atomic E-state index is 0.0330. The SMILES string of the molecule is CCNC(=O)[C@H](C)N(Cc1ccccc1F)C(=O)CCCN(c1ccc2c(c1)OCO2)S(C)(=O)=O. The Morgan fingerprint density at radius 1 is 1.14 bits per heavy atom. The van der Waals surface area contributed by atoms with Gasteiger partial charge in [0.2, 0.25) is 28.6 Å². The van der Waals surface area contributed by atoms with Crippen molar-refractivity contribution in [1.29, 1.82) is 0 Å². The third-order valence-electron chi connectivity index (χ3n) is 5.61. The molecule has 1 aliphatic heterocycles. The lowest BCUT2D eigenvalue weighted by Crippen LogP contribution is -2.47. The van der Waals surface area contributed by atoms with Crippen LogP contribution in [0.15, 0.2) is 42.5 Å². The number of carbonyl (C=O) groups excluding carboxylic acids is 2. The van der Waals surface area contributed by atoms with E-state index >= 15 is 0 Å². The van der Waals surface area contributed by atoms with E-state index in [4.69, 9.17) is 9.47 Å². The molecular formula is C24H30FN3O6S. The number of fused-ring (bicyclic) bond motifs is 1. The lowest BCUT2D eigenvalue weighted by atomic mass is 10.1. The number of nitrogens with one attached hydrogen (secondary N) is 1. The van der Waals surface area contributed by atoms with Gasteiger partial charge in [-0.05, 0) is 38.5 Å². The van der Waals surface area contributed by atoms with E-state index < -0.39 is 21.9 Å². The quantitative estimate of drug-likeness (QED) is 0.501. The number of halogens is 1. The van der Waals surface area contributed by atoms with Gasteiger partial charge in [-0.3, -0.25) is 13.9 Å². The largest absolute Gasteiger partial charge is 0.454 e. The summed E-state index contributed by atoms with van der Waals surface area (Å²) < 4.78 is 51.0. The summed E-state index contributed by atoms with van der Waals surface area (Å²) in [4.78, 5) is 26.9. The number of likely N-dealkylation sites (N-methyl/N-ethyl adjacent to an activating group) is 1. The summed E-state index contributed by atoms with van der Waals surface area (Å²) in [5.41, 5.74) is 0.679. The maximum atomic E-state index is 14.3. The van der Waals surface area contributed by atoms with Crippen LogP contribution in [0.1, 0.15) is 32.3 Å². The fourth-order valence-corrected chi connectivity index (χ4v) is 4.72. The summed E-state index contributed by atoms with van der Waals surface area (Å²) in [7, 11) is -3.65. The van der Waals surface area contributed by atoms with Gasteiger partial charge in [-0.15, -0.1) is 0 Å². The number of anilines is 1. The van der Waals surface area contributed by atoms with E-state index in [1.807, 2.05) is 0 Å². The predicted octanol–water partition coefficient (Wildman–Crippen LogP) is 2.65. The van der Waals surface area contributed by atoms with E-state index in [9.17, 15) is 22.4 Å². The van der Waals surface area contributed by atoms with Crippen molar-refractivity contribution in [2.45, 2.75) is 39.3 Å². The molecule has 0 radical (unpaired) electrons. The molecule has 0 bridgehead atoms.